The van der Waals surface area contributed by atoms with E-state index in [0.717, 1.165) is 17.8 Å². The van der Waals surface area contributed by atoms with Gasteiger partial charge in [0.15, 0.2) is 5.65 Å². The van der Waals surface area contributed by atoms with Gasteiger partial charge in [0.05, 0.1) is 23.8 Å². The molecule has 6 nitrogen and oxygen atoms in total. The number of amides is 1. The Morgan fingerprint density at radius 2 is 1.96 bits per heavy atom. The SMILES string of the molecule is Cc1cc2ncc(NC(=O)c3ccc(OC(F)(F)F)cc3)cn2n1. The molecule has 1 amide bonds. The fourth-order valence-electron chi connectivity index (χ4n) is 2.07. The molecule has 1 aromatic carbocycles. The Morgan fingerprint density at radius 1 is 1.25 bits per heavy atom. The second-order valence-electron chi connectivity index (χ2n) is 4.96. The summed E-state index contributed by atoms with van der Waals surface area (Å²) in [6, 6.07) is 6.40. The standard InChI is InChI=1S/C15H11F3N4O2/c1-9-6-13-19-7-11(8-22(13)21-9)20-14(23)10-2-4-12(5-3-10)24-15(16,17)18/h2-8H,1H3,(H,20,23). The van der Waals surface area contributed by atoms with Gasteiger partial charge in [0.2, 0.25) is 0 Å². The zero-order valence-corrected chi connectivity index (χ0v) is 12.3. The van der Waals surface area contributed by atoms with Crippen LogP contribution in [0.5, 0.6) is 5.75 Å². The van der Waals surface area contributed by atoms with Crippen LogP contribution in [0, 0.1) is 6.92 Å². The van der Waals surface area contributed by atoms with E-state index in [1.54, 1.807) is 12.3 Å². The van der Waals surface area contributed by atoms with E-state index in [1.165, 1.54) is 22.8 Å². The van der Waals surface area contributed by atoms with E-state index in [9.17, 15) is 18.0 Å². The Balaban J connectivity index is 1.73. The number of ether oxygens (including phenoxy) is 1. The van der Waals surface area contributed by atoms with Gasteiger partial charge in [-0.15, -0.1) is 13.2 Å². The zero-order chi connectivity index (χ0) is 17.3. The van der Waals surface area contributed by atoms with Crippen molar-refractivity contribution in [1.29, 1.82) is 0 Å². The molecule has 24 heavy (non-hydrogen) atoms. The number of aromatic nitrogens is 3. The van der Waals surface area contributed by atoms with Crippen molar-refractivity contribution in [1.82, 2.24) is 14.6 Å². The molecule has 9 heteroatoms. The molecule has 0 saturated heterocycles. The van der Waals surface area contributed by atoms with Crippen LogP contribution in [-0.2, 0) is 0 Å². The third kappa shape index (κ3) is 3.62. The average Bonchev–Trinajstić information content (AvgIpc) is 2.85. The maximum Gasteiger partial charge on any atom is 0.573 e. The van der Waals surface area contributed by atoms with Gasteiger partial charge in [0.25, 0.3) is 5.91 Å². The van der Waals surface area contributed by atoms with Gasteiger partial charge in [-0.25, -0.2) is 9.50 Å². The minimum Gasteiger partial charge on any atom is -0.406 e. The first-order chi connectivity index (χ1) is 11.3. The lowest BCUT2D eigenvalue weighted by atomic mass is 10.2. The summed E-state index contributed by atoms with van der Waals surface area (Å²) in [6.07, 6.45) is -1.71. The first-order valence-corrected chi connectivity index (χ1v) is 6.79. The fraction of sp³-hybridized carbons (Fsp3) is 0.133. The summed E-state index contributed by atoms with van der Waals surface area (Å²) in [7, 11) is 0. The molecule has 0 radical (unpaired) electrons. The lowest BCUT2D eigenvalue weighted by molar-refractivity contribution is -0.274. The Kier molecular flexibility index (Phi) is 3.84. The van der Waals surface area contributed by atoms with Crippen LogP contribution in [-0.4, -0.2) is 26.9 Å². The number of nitrogens with zero attached hydrogens (tertiary/aromatic N) is 3. The van der Waals surface area contributed by atoms with Gasteiger partial charge in [-0.3, -0.25) is 4.79 Å². The van der Waals surface area contributed by atoms with Crippen LogP contribution in [0.3, 0.4) is 0 Å². The summed E-state index contributed by atoms with van der Waals surface area (Å²) in [5.41, 5.74) is 2.01. The number of halogens is 3. The maximum atomic E-state index is 12.1. The molecule has 0 spiro atoms. The van der Waals surface area contributed by atoms with Crippen LogP contribution in [0.2, 0.25) is 0 Å². The summed E-state index contributed by atoms with van der Waals surface area (Å²) >= 11 is 0. The van der Waals surface area contributed by atoms with Gasteiger partial charge in [0.1, 0.15) is 5.75 Å². The topological polar surface area (TPSA) is 68.5 Å². The molecule has 0 atom stereocenters. The lowest BCUT2D eigenvalue weighted by Crippen LogP contribution is -2.17. The van der Waals surface area contributed by atoms with E-state index in [2.05, 4.69) is 20.1 Å². The van der Waals surface area contributed by atoms with E-state index >= 15 is 0 Å². The van der Waals surface area contributed by atoms with Crippen molar-refractivity contribution < 1.29 is 22.7 Å². The molecule has 3 rings (SSSR count). The minimum atomic E-state index is -4.77. The van der Waals surface area contributed by atoms with Crippen molar-refractivity contribution in [2.24, 2.45) is 0 Å². The number of fused-ring (bicyclic) bond motifs is 1. The van der Waals surface area contributed by atoms with Crippen LogP contribution in [0.15, 0.2) is 42.7 Å². The highest BCUT2D eigenvalue weighted by Crippen LogP contribution is 2.23. The lowest BCUT2D eigenvalue weighted by Gasteiger charge is -2.09. The molecule has 0 fully saturated rings. The van der Waals surface area contributed by atoms with E-state index in [4.69, 9.17) is 0 Å². The number of rotatable bonds is 3. The number of benzene rings is 1. The molecule has 0 unspecified atom stereocenters. The second kappa shape index (κ2) is 5.84. The number of anilines is 1. The summed E-state index contributed by atoms with van der Waals surface area (Å²) in [6.45, 7) is 1.82. The molecule has 1 N–H and O–H groups in total. The van der Waals surface area contributed by atoms with E-state index in [-0.39, 0.29) is 5.56 Å². The fourth-order valence-corrected chi connectivity index (χ4v) is 2.07. The second-order valence-corrected chi connectivity index (χ2v) is 4.96. The quantitative estimate of drug-likeness (QED) is 0.797. The van der Waals surface area contributed by atoms with E-state index < -0.39 is 18.0 Å². The molecule has 0 saturated carbocycles. The molecule has 0 aliphatic rings. The predicted octanol–water partition coefficient (Wildman–Crippen LogP) is 3.19. The highest BCUT2D eigenvalue weighted by Gasteiger charge is 2.31. The first-order valence-electron chi connectivity index (χ1n) is 6.79. The number of carbonyl (C=O) groups excluding carboxylic acids is 1. The molecule has 0 bridgehead atoms. The molecular weight excluding hydrogens is 325 g/mol. The molecule has 0 aliphatic carbocycles. The van der Waals surface area contributed by atoms with Crippen molar-refractivity contribution in [3.63, 3.8) is 0 Å². The summed E-state index contributed by atoms with van der Waals surface area (Å²) in [5, 5.41) is 6.78. The Labute approximate surface area is 133 Å². The molecule has 2 heterocycles. The molecule has 3 aromatic rings. The average molecular weight is 336 g/mol. The molecular formula is C15H11F3N4O2. The van der Waals surface area contributed by atoms with Gasteiger partial charge in [-0.05, 0) is 31.2 Å². The normalized spacial score (nSPS) is 11.5. The Morgan fingerprint density at radius 3 is 2.62 bits per heavy atom. The van der Waals surface area contributed by atoms with Gasteiger partial charge in [0, 0.05) is 11.6 Å². The number of alkyl halides is 3. The molecule has 2 aromatic heterocycles. The smallest absolute Gasteiger partial charge is 0.406 e. The third-order valence-corrected chi connectivity index (χ3v) is 3.04. The first kappa shape index (κ1) is 15.8. The van der Waals surface area contributed by atoms with Crippen LogP contribution in [0.4, 0.5) is 18.9 Å². The van der Waals surface area contributed by atoms with Gasteiger partial charge in [-0.2, -0.15) is 5.10 Å². The minimum absolute atomic E-state index is 0.182. The van der Waals surface area contributed by atoms with E-state index in [1.807, 2.05) is 6.92 Å². The largest absolute Gasteiger partial charge is 0.573 e. The van der Waals surface area contributed by atoms with Gasteiger partial charge >= 0.3 is 6.36 Å². The summed E-state index contributed by atoms with van der Waals surface area (Å²) in [5.74, 6) is -0.882. The van der Waals surface area contributed by atoms with Gasteiger partial charge < -0.3 is 10.1 Å². The Hall–Kier alpha value is -3.10. The Bertz CT molecular complexity index is 888. The highest BCUT2D eigenvalue weighted by molar-refractivity contribution is 6.04. The number of nitrogens with one attached hydrogen (secondary N) is 1. The number of aryl methyl sites for hydroxylation is 1. The van der Waals surface area contributed by atoms with Crippen molar-refractivity contribution in [3.05, 3.63) is 54.0 Å². The molecule has 0 aliphatic heterocycles. The molecule has 124 valence electrons. The van der Waals surface area contributed by atoms with Crippen LogP contribution in [0.1, 0.15) is 16.1 Å². The number of hydrogen-bond donors (Lipinski definition) is 1. The summed E-state index contributed by atoms with van der Waals surface area (Å²) < 4.78 is 41.6. The van der Waals surface area contributed by atoms with Gasteiger partial charge in [-0.1, -0.05) is 0 Å². The number of carbonyl (C=O) groups is 1. The predicted molar refractivity (Wildman–Crippen MR) is 78.8 cm³/mol. The summed E-state index contributed by atoms with van der Waals surface area (Å²) in [4.78, 5) is 16.3. The van der Waals surface area contributed by atoms with Crippen molar-refractivity contribution in [2.45, 2.75) is 13.3 Å². The van der Waals surface area contributed by atoms with Crippen molar-refractivity contribution in [3.8, 4) is 5.75 Å². The van der Waals surface area contributed by atoms with Crippen molar-refractivity contribution in [2.75, 3.05) is 5.32 Å². The monoisotopic (exact) mass is 336 g/mol. The van der Waals surface area contributed by atoms with E-state index in [0.29, 0.717) is 11.3 Å². The maximum absolute atomic E-state index is 12.1. The van der Waals surface area contributed by atoms with Crippen LogP contribution >= 0.6 is 0 Å². The van der Waals surface area contributed by atoms with Crippen LogP contribution in [0.25, 0.3) is 5.65 Å². The highest BCUT2D eigenvalue weighted by atomic mass is 19.4. The third-order valence-electron chi connectivity index (χ3n) is 3.04. The zero-order valence-electron chi connectivity index (χ0n) is 12.3. The van der Waals surface area contributed by atoms with Crippen LogP contribution < -0.4 is 10.1 Å². The number of hydrogen-bond acceptors (Lipinski definition) is 4. The van der Waals surface area contributed by atoms with Crippen molar-refractivity contribution >= 4 is 17.2 Å².